The molecule has 0 atom stereocenters. The highest BCUT2D eigenvalue weighted by Gasteiger charge is 2.26. The Morgan fingerprint density at radius 2 is 2.00 bits per heavy atom. The molecule has 1 aliphatic carbocycles. The summed E-state index contributed by atoms with van der Waals surface area (Å²) in [5.41, 5.74) is 4.47. The van der Waals surface area contributed by atoms with E-state index in [0.717, 1.165) is 5.69 Å². The van der Waals surface area contributed by atoms with Crippen molar-refractivity contribution in [1.82, 2.24) is 4.98 Å². The Hall–Kier alpha value is -2.16. The van der Waals surface area contributed by atoms with Gasteiger partial charge in [-0.2, -0.15) is 0 Å². The lowest BCUT2D eigenvalue weighted by atomic mass is 9.73. The lowest BCUT2D eigenvalue weighted by molar-refractivity contribution is 0.0600. The zero-order valence-corrected chi connectivity index (χ0v) is 14.4. The van der Waals surface area contributed by atoms with Gasteiger partial charge < -0.3 is 4.74 Å². The molecule has 1 heterocycles. The Labute approximate surface area is 138 Å². The largest absolute Gasteiger partial charge is 0.465 e. The molecule has 0 radical (unpaired) electrons. The Balaban J connectivity index is 2.05. The average molecular weight is 311 g/mol. The lowest BCUT2D eigenvalue weighted by Crippen LogP contribution is -2.18. The zero-order chi connectivity index (χ0) is 16.9. The van der Waals surface area contributed by atoms with Crippen LogP contribution in [-0.2, 0) is 4.74 Å². The summed E-state index contributed by atoms with van der Waals surface area (Å²) in [4.78, 5) is 15.6. The van der Waals surface area contributed by atoms with E-state index in [1.165, 1.54) is 43.7 Å². The van der Waals surface area contributed by atoms with Crippen molar-refractivity contribution in [2.75, 3.05) is 7.11 Å². The van der Waals surface area contributed by atoms with Crippen molar-refractivity contribution < 1.29 is 9.53 Å². The van der Waals surface area contributed by atoms with Gasteiger partial charge in [-0.1, -0.05) is 37.6 Å². The van der Waals surface area contributed by atoms with E-state index in [2.05, 4.69) is 42.6 Å². The van der Waals surface area contributed by atoms with Crippen LogP contribution in [0.4, 0.5) is 0 Å². The molecule has 0 bridgehead atoms. The first-order chi connectivity index (χ1) is 10.9. The molecule has 0 unspecified atom stereocenters. The molecule has 122 valence electrons. The van der Waals surface area contributed by atoms with Crippen LogP contribution in [0.3, 0.4) is 0 Å². The van der Waals surface area contributed by atoms with E-state index in [-0.39, 0.29) is 11.4 Å². The minimum atomic E-state index is -0.366. The first kappa shape index (κ1) is 17.2. The van der Waals surface area contributed by atoms with Crippen molar-refractivity contribution in [2.45, 2.75) is 40.0 Å². The molecular formula is C20H25NO2. The second-order valence-corrected chi connectivity index (χ2v) is 6.61. The van der Waals surface area contributed by atoms with E-state index in [0.29, 0.717) is 5.56 Å². The van der Waals surface area contributed by atoms with Gasteiger partial charge in [-0.05, 0) is 55.4 Å². The maximum Gasteiger partial charge on any atom is 0.339 e. The molecule has 3 nitrogen and oxygen atoms in total. The van der Waals surface area contributed by atoms with Gasteiger partial charge in [0.05, 0.1) is 18.4 Å². The topological polar surface area (TPSA) is 39.2 Å². The summed E-state index contributed by atoms with van der Waals surface area (Å²) < 4.78 is 4.66. The molecule has 3 heteroatoms. The fourth-order valence-corrected chi connectivity index (χ4v) is 3.06. The molecule has 0 N–H and O–H groups in total. The summed E-state index contributed by atoms with van der Waals surface area (Å²) in [5.74, 6) is -0.366. The quantitative estimate of drug-likeness (QED) is 0.582. The predicted octanol–water partition coefficient (Wildman–Crippen LogP) is 4.96. The molecule has 1 aliphatic rings. The highest BCUT2D eigenvalue weighted by molar-refractivity contribution is 5.88. The first-order valence-electron chi connectivity index (χ1n) is 8.03. The molecule has 1 aromatic rings. The van der Waals surface area contributed by atoms with Crippen molar-refractivity contribution in [2.24, 2.45) is 5.41 Å². The second-order valence-electron chi connectivity index (χ2n) is 6.61. The molecule has 0 spiro atoms. The number of carbonyl (C=O) groups is 1. The lowest BCUT2D eigenvalue weighted by Gasteiger charge is -2.32. The normalized spacial score (nSPS) is 17.9. The van der Waals surface area contributed by atoms with Crippen LogP contribution in [0.25, 0.3) is 6.08 Å². The molecule has 1 aromatic heterocycles. The van der Waals surface area contributed by atoms with Crippen LogP contribution in [0, 0.1) is 5.41 Å². The van der Waals surface area contributed by atoms with Crippen molar-refractivity contribution in [3.8, 4) is 0 Å². The minimum Gasteiger partial charge on any atom is -0.465 e. The summed E-state index contributed by atoms with van der Waals surface area (Å²) in [6, 6.07) is 3.53. The Kier molecular flexibility index (Phi) is 5.54. The van der Waals surface area contributed by atoms with Gasteiger partial charge in [-0.3, -0.25) is 4.98 Å². The number of pyridine rings is 1. The number of carbonyl (C=O) groups excluding carboxylic acids is 1. The molecule has 0 saturated heterocycles. The van der Waals surface area contributed by atoms with Gasteiger partial charge in [0.2, 0.25) is 0 Å². The van der Waals surface area contributed by atoms with E-state index in [1.54, 1.807) is 6.07 Å². The Morgan fingerprint density at radius 1 is 1.26 bits per heavy atom. The maximum atomic E-state index is 11.4. The minimum absolute atomic E-state index is 0.257. The van der Waals surface area contributed by atoms with Crippen molar-refractivity contribution in [3.05, 3.63) is 59.0 Å². The van der Waals surface area contributed by atoms with Gasteiger partial charge >= 0.3 is 5.97 Å². The third-order valence-electron chi connectivity index (χ3n) is 4.39. The Morgan fingerprint density at radius 3 is 2.61 bits per heavy atom. The highest BCUT2D eigenvalue weighted by Crippen LogP contribution is 2.40. The third kappa shape index (κ3) is 4.41. The number of ether oxygens (including phenoxy) is 1. The SMILES string of the molecule is COC(=O)c1ccc(/C=C/C=C/C2=C(C)CCCC2(C)C)nc1. The summed E-state index contributed by atoms with van der Waals surface area (Å²) in [6.07, 6.45) is 13.5. The van der Waals surface area contributed by atoms with Crippen LogP contribution in [0.1, 0.15) is 56.1 Å². The van der Waals surface area contributed by atoms with Crippen LogP contribution in [0.15, 0.2) is 47.7 Å². The van der Waals surface area contributed by atoms with Crippen molar-refractivity contribution in [1.29, 1.82) is 0 Å². The molecule has 0 amide bonds. The van der Waals surface area contributed by atoms with Gasteiger partial charge in [0.1, 0.15) is 0 Å². The monoisotopic (exact) mass is 311 g/mol. The fourth-order valence-electron chi connectivity index (χ4n) is 3.06. The van der Waals surface area contributed by atoms with E-state index >= 15 is 0 Å². The average Bonchev–Trinajstić information content (AvgIpc) is 2.53. The van der Waals surface area contributed by atoms with Gasteiger partial charge in [0, 0.05) is 6.20 Å². The maximum absolute atomic E-state index is 11.4. The smallest absolute Gasteiger partial charge is 0.339 e. The number of allylic oxidation sites excluding steroid dienone is 5. The van der Waals surface area contributed by atoms with E-state index in [9.17, 15) is 4.79 Å². The predicted molar refractivity (Wildman–Crippen MR) is 94.1 cm³/mol. The van der Waals surface area contributed by atoms with Gasteiger partial charge in [0.25, 0.3) is 0 Å². The van der Waals surface area contributed by atoms with Crippen LogP contribution in [0.2, 0.25) is 0 Å². The molecule has 0 fully saturated rings. The van der Waals surface area contributed by atoms with Gasteiger partial charge in [-0.25, -0.2) is 4.79 Å². The Bertz CT molecular complexity index is 649. The zero-order valence-electron chi connectivity index (χ0n) is 14.4. The number of esters is 1. The molecule has 2 rings (SSSR count). The molecule has 0 aromatic carbocycles. The molecule has 0 aliphatic heterocycles. The number of aromatic nitrogens is 1. The first-order valence-corrected chi connectivity index (χ1v) is 8.03. The number of hydrogen-bond donors (Lipinski definition) is 0. The van der Waals surface area contributed by atoms with Gasteiger partial charge in [0.15, 0.2) is 0 Å². The van der Waals surface area contributed by atoms with Crippen LogP contribution < -0.4 is 0 Å². The summed E-state index contributed by atoms with van der Waals surface area (Å²) in [5, 5.41) is 0. The van der Waals surface area contributed by atoms with E-state index in [4.69, 9.17) is 0 Å². The number of methoxy groups -OCH3 is 1. The van der Waals surface area contributed by atoms with Crippen molar-refractivity contribution in [3.63, 3.8) is 0 Å². The third-order valence-corrected chi connectivity index (χ3v) is 4.39. The van der Waals surface area contributed by atoms with Crippen LogP contribution in [-0.4, -0.2) is 18.1 Å². The summed E-state index contributed by atoms with van der Waals surface area (Å²) >= 11 is 0. The van der Waals surface area contributed by atoms with E-state index < -0.39 is 0 Å². The molecule has 23 heavy (non-hydrogen) atoms. The fraction of sp³-hybridized carbons (Fsp3) is 0.400. The van der Waals surface area contributed by atoms with E-state index in [1.807, 2.05) is 18.2 Å². The highest BCUT2D eigenvalue weighted by atomic mass is 16.5. The van der Waals surface area contributed by atoms with Crippen molar-refractivity contribution >= 4 is 12.0 Å². The second kappa shape index (κ2) is 7.40. The number of rotatable bonds is 4. The summed E-state index contributed by atoms with van der Waals surface area (Å²) in [7, 11) is 1.37. The standard InChI is InChI=1S/C20H25NO2/c1-15-8-7-13-20(2,3)18(15)10-6-5-9-17-12-11-16(14-21-17)19(22)23-4/h5-6,9-12,14H,7-8,13H2,1-4H3/b9-5+,10-6+. The summed E-state index contributed by atoms with van der Waals surface area (Å²) in [6.45, 7) is 6.86. The van der Waals surface area contributed by atoms with Gasteiger partial charge in [-0.15, -0.1) is 0 Å². The number of nitrogens with zero attached hydrogens (tertiary/aromatic N) is 1. The molecule has 0 saturated carbocycles. The van der Waals surface area contributed by atoms with Crippen LogP contribution in [0.5, 0.6) is 0 Å². The van der Waals surface area contributed by atoms with Crippen LogP contribution >= 0.6 is 0 Å². The number of hydrogen-bond acceptors (Lipinski definition) is 3. The molecular weight excluding hydrogens is 286 g/mol.